The molecule has 0 bridgehead atoms. The SMILES string of the molecule is C[C@H]1COCCN1c1cc(C2(S(=O)(=O)C3CC3)CCNCC2)nc(-c2ccc(NC(=O)NCCO)cc2)n1. The normalized spacial score (nSPS) is 21.6. The lowest BCUT2D eigenvalue weighted by Gasteiger charge is -2.38. The van der Waals surface area contributed by atoms with Crippen LogP contribution in [0.5, 0.6) is 0 Å². The van der Waals surface area contributed by atoms with Crippen LogP contribution in [0.25, 0.3) is 11.4 Å². The van der Waals surface area contributed by atoms with Gasteiger partial charge in [0.2, 0.25) is 0 Å². The van der Waals surface area contributed by atoms with Gasteiger partial charge in [-0.25, -0.2) is 23.2 Å². The lowest BCUT2D eigenvalue weighted by atomic mass is 9.92. The van der Waals surface area contributed by atoms with Crippen molar-refractivity contribution in [3.63, 3.8) is 0 Å². The first-order chi connectivity index (χ1) is 18.3. The Kier molecular flexibility index (Phi) is 7.85. The molecule has 2 amide bonds. The van der Waals surface area contributed by atoms with E-state index in [0.29, 0.717) is 81.6 Å². The van der Waals surface area contributed by atoms with Crippen molar-refractivity contribution in [3.8, 4) is 11.4 Å². The van der Waals surface area contributed by atoms with Gasteiger partial charge in [-0.15, -0.1) is 0 Å². The molecule has 11 nitrogen and oxygen atoms in total. The van der Waals surface area contributed by atoms with Crippen molar-refractivity contribution in [2.24, 2.45) is 0 Å². The van der Waals surface area contributed by atoms with Crippen molar-refractivity contribution in [1.29, 1.82) is 0 Å². The largest absolute Gasteiger partial charge is 0.395 e. The first-order valence-corrected chi connectivity index (χ1v) is 14.8. The Morgan fingerprint density at radius 2 is 1.95 bits per heavy atom. The van der Waals surface area contributed by atoms with E-state index < -0.39 is 20.6 Å². The van der Waals surface area contributed by atoms with Gasteiger partial charge in [0, 0.05) is 30.4 Å². The number of hydrogen-bond donors (Lipinski definition) is 4. The van der Waals surface area contributed by atoms with E-state index in [-0.39, 0.29) is 24.4 Å². The lowest BCUT2D eigenvalue weighted by molar-refractivity contribution is 0.0985. The van der Waals surface area contributed by atoms with Crippen molar-refractivity contribution >= 4 is 27.4 Å². The summed E-state index contributed by atoms with van der Waals surface area (Å²) in [5, 5.41) is 17.2. The van der Waals surface area contributed by atoms with Crippen molar-refractivity contribution in [2.75, 3.05) is 56.2 Å². The van der Waals surface area contributed by atoms with Gasteiger partial charge in [0.1, 0.15) is 10.6 Å². The van der Waals surface area contributed by atoms with E-state index in [1.807, 2.05) is 18.2 Å². The molecular formula is C26H36N6O5S. The molecule has 12 heteroatoms. The molecule has 3 heterocycles. The summed E-state index contributed by atoms with van der Waals surface area (Å²) in [6, 6.07) is 8.71. The number of benzene rings is 1. The Labute approximate surface area is 223 Å². The Morgan fingerprint density at radius 1 is 1.21 bits per heavy atom. The number of piperidine rings is 1. The highest BCUT2D eigenvalue weighted by Gasteiger charge is 2.54. The highest BCUT2D eigenvalue weighted by molar-refractivity contribution is 7.93. The van der Waals surface area contributed by atoms with Crippen LogP contribution in [0, 0.1) is 0 Å². The van der Waals surface area contributed by atoms with Gasteiger partial charge >= 0.3 is 6.03 Å². The van der Waals surface area contributed by atoms with Gasteiger partial charge in [0.15, 0.2) is 15.7 Å². The molecule has 3 aliphatic rings. The zero-order chi connectivity index (χ0) is 26.8. The zero-order valence-electron chi connectivity index (χ0n) is 21.6. The minimum absolute atomic E-state index is 0.0902. The van der Waals surface area contributed by atoms with E-state index in [9.17, 15) is 13.2 Å². The molecule has 2 saturated heterocycles. The molecule has 0 radical (unpaired) electrons. The van der Waals surface area contributed by atoms with E-state index >= 15 is 0 Å². The third-order valence-electron chi connectivity index (χ3n) is 7.56. The molecule has 1 aromatic carbocycles. The number of urea groups is 1. The predicted octanol–water partition coefficient (Wildman–Crippen LogP) is 1.64. The van der Waals surface area contributed by atoms with Crippen LogP contribution in [0.4, 0.5) is 16.3 Å². The molecule has 1 aromatic heterocycles. The number of aliphatic hydroxyl groups is 1. The van der Waals surface area contributed by atoms with Gasteiger partial charge in [0.25, 0.3) is 0 Å². The van der Waals surface area contributed by atoms with Crippen molar-refractivity contribution in [1.82, 2.24) is 20.6 Å². The summed E-state index contributed by atoms with van der Waals surface area (Å²) < 4.78 is 32.4. The number of amides is 2. The summed E-state index contributed by atoms with van der Waals surface area (Å²) in [5.41, 5.74) is 1.87. The summed E-state index contributed by atoms with van der Waals surface area (Å²) in [6.45, 7) is 5.14. The second-order valence-corrected chi connectivity index (χ2v) is 12.8. The van der Waals surface area contributed by atoms with E-state index in [1.54, 1.807) is 12.1 Å². The molecule has 2 aliphatic heterocycles. The Hall–Kier alpha value is -2.80. The number of morpholine rings is 1. The maximum Gasteiger partial charge on any atom is 0.319 e. The van der Waals surface area contributed by atoms with Crippen LogP contribution < -0.4 is 20.9 Å². The van der Waals surface area contributed by atoms with Crippen LogP contribution in [0.2, 0.25) is 0 Å². The monoisotopic (exact) mass is 544 g/mol. The summed E-state index contributed by atoms with van der Waals surface area (Å²) in [7, 11) is -3.44. The van der Waals surface area contributed by atoms with Gasteiger partial charge < -0.3 is 30.7 Å². The van der Waals surface area contributed by atoms with Gasteiger partial charge in [-0.2, -0.15) is 0 Å². The van der Waals surface area contributed by atoms with Crippen LogP contribution >= 0.6 is 0 Å². The third kappa shape index (κ3) is 5.35. The molecular weight excluding hydrogens is 508 g/mol. The van der Waals surface area contributed by atoms with Crippen LogP contribution in [0.15, 0.2) is 30.3 Å². The highest BCUT2D eigenvalue weighted by Crippen LogP contribution is 2.47. The minimum atomic E-state index is -3.44. The van der Waals surface area contributed by atoms with E-state index in [4.69, 9.17) is 19.8 Å². The standard InChI is InChI=1S/C26H36N6O5S/c1-18-17-37-15-13-32(18)23-16-22(26(8-10-27-11-9-26)38(35,36)21-6-7-21)30-24(31-23)19-2-4-20(5-3-19)29-25(34)28-12-14-33/h2-5,16,18,21,27,33H,6-15,17H2,1H3,(H2,28,29,34)/t18-/m0/s1. The molecule has 1 aliphatic carbocycles. The number of anilines is 2. The Balaban J connectivity index is 1.55. The fraction of sp³-hybridized carbons (Fsp3) is 0.577. The second-order valence-electron chi connectivity index (χ2n) is 10.2. The number of ether oxygens (including phenoxy) is 1. The summed E-state index contributed by atoms with van der Waals surface area (Å²) in [5.74, 6) is 1.16. The topological polar surface area (TPSA) is 146 Å². The molecule has 1 atom stereocenters. The quantitative estimate of drug-likeness (QED) is 0.390. The highest BCUT2D eigenvalue weighted by atomic mass is 32.2. The number of rotatable bonds is 8. The number of nitrogens with zero attached hydrogens (tertiary/aromatic N) is 3. The molecule has 5 rings (SSSR count). The molecule has 4 N–H and O–H groups in total. The number of aromatic nitrogens is 2. The van der Waals surface area contributed by atoms with Crippen LogP contribution in [0.3, 0.4) is 0 Å². The number of nitrogens with one attached hydrogen (secondary N) is 3. The Morgan fingerprint density at radius 3 is 2.61 bits per heavy atom. The fourth-order valence-electron chi connectivity index (χ4n) is 5.27. The smallest absolute Gasteiger partial charge is 0.319 e. The Bertz CT molecular complexity index is 1250. The third-order valence-corrected chi connectivity index (χ3v) is 10.6. The van der Waals surface area contributed by atoms with Crippen LogP contribution in [-0.4, -0.2) is 86.8 Å². The molecule has 1 saturated carbocycles. The van der Waals surface area contributed by atoms with Gasteiger partial charge in [0.05, 0.1) is 36.8 Å². The fourth-order valence-corrected chi connectivity index (χ4v) is 7.84. The first-order valence-electron chi connectivity index (χ1n) is 13.3. The van der Waals surface area contributed by atoms with Crippen LogP contribution in [0.1, 0.15) is 38.3 Å². The summed E-state index contributed by atoms with van der Waals surface area (Å²) in [4.78, 5) is 23.9. The predicted molar refractivity (Wildman–Crippen MR) is 145 cm³/mol. The average molecular weight is 545 g/mol. The summed E-state index contributed by atoms with van der Waals surface area (Å²) in [6.07, 6.45) is 2.38. The van der Waals surface area contributed by atoms with Gasteiger partial charge in [-0.1, -0.05) is 0 Å². The number of carbonyl (C=O) groups is 1. The second kappa shape index (κ2) is 11.1. The first kappa shape index (κ1) is 26.8. The molecule has 3 fully saturated rings. The molecule has 0 unspecified atom stereocenters. The number of hydrogen-bond acceptors (Lipinski definition) is 9. The summed E-state index contributed by atoms with van der Waals surface area (Å²) >= 11 is 0. The zero-order valence-corrected chi connectivity index (χ0v) is 22.5. The molecule has 0 spiro atoms. The van der Waals surface area contributed by atoms with E-state index in [1.165, 1.54) is 0 Å². The lowest BCUT2D eigenvalue weighted by Crippen LogP contribution is -2.48. The van der Waals surface area contributed by atoms with Gasteiger partial charge in [-0.3, -0.25) is 0 Å². The van der Waals surface area contributed by atoms with Crippen molar-refractivity contribution < 1.29 is 23.1 Å². The van der Waals surface area contributed by atoms with E-state index in [2.05, 4.69) is 27.8 Å². The van der Waals surface area contributed by atoms with E-state index in [0.717, 1.165) is 5.56 Å². The number of carbonyl (C=O) groups excluding carboxylic acids is 1. The van der Waals surface area contributed by atoms with Crippen LogP contribution in [-0.2, 0) is 19.3 Å². The van der Waals surface area contributed by atoms with Gasteiger partial charge in [-0.05, 0) is 70.0 Å². The number of aliphatic hydroxyl groups excluding tert-OH is 1. The number of sulfone groups is 1. The molecule has 38 heavy (non-hydrogen) atoms. The maximum absolute atomic E-state index is 13.9. The maximum atomic E-state index is 13.9. The average Bonchev–Trinajstić information content (AvgIpc) is 3.79. The molecule has 2 aromatic rings. The molecule has 206 valence electrons. The van der Waals surface area contributed by atoms with Crippen molar-refractivity contribution in [2.45, 2.75) is 48.6 Å². The van der Waals surface area contributed by atoms with Crippen molar-refractivity contribution in [3.05, 3.63) is 36.0 Å². The minimum Gasteiger partial charge on any atom is -0.395 e.